The Morgan fingerprint density at radius 3 is 2.41 bits per heavy atom. The van der Waals surface area contributed by atoms with Crippen LogP contribution >= 0.6 is 0 Å². The van der Waals surface area contributed by atoms with Gasteiger partial charge in [-0.2, -0.15) is 0 Å². The minimum absolute atomic E-state index is 0.0539. The molecule has 2 aliphatic carbocycles. The van der Waals surface area contributed by atoms with Crippen LogP contribution in [-0.2, 0) is 9.59 Å². The Balaban J connectivity index is 1.69. The minimum Gasteiger partial charge on any atom is -0.481 e. The van der Waals surface area contributed by atoms with Crippen molar-refractivity contribution in [3.63, 3.8) is 0 Å². The molecular formula is C12H20N2O3. The van der Waals surface area contributed by atoms with E-state index in [1.807, 2.05) is 0 Å². The van der Waals surface area contributed by atoms with Crippen molar-refractivity contribution < 1.29 is 14.7 Å². The molecule has 2 rings (SSSR count). The number of rotatable bonds is 8. The minimum atomic E-state index is -0.834. The van der Waals surface area contributed by atoms with Gasteiger partial charge in [0.15, 0.2) is 0 Å². The van der Waals surface area contributed by atoms with Crippen molar-refractivity contribution in [1.29, 1.82) is 0 Å². The second-order valence-electron chi connectivity index (χ2n) is 4.94. The van der Waals surface area contributed by atoms with E-state index < -0.39 is 5.97 Å². The van der Waals surface area contributed by atoms with Crippen molar-refractivity contribution in [2.45, 2.75) is 50.6 Å². The zero-order chi connectivity index (χ0) is 12.3. The topological polar surface area (TPSA) is 69.6 Å². The molecule has 0 atom stereocenters. The number of amides is 1. The molecule has 0 aromatic heterocycles. The fourth-order valence-electron chi connectivity index (χ4n) is 1.93. The lowest BCUT2D eigenvalue weighted by Gasteiger charge is -2.21. The van der Waals surface area contributed by atoms with Crippen LogP contribution in [0, 0.1) is 0 Å². The van der Waals surface area contributed by atoms with Gasteiger partial charge in [-0.15, -0.1) is 0 Å². The van der Waals surface area contributed by atoms with Crippen LogP contribution in [0.2, 0.25) is 0 Å². The maximum atomic E-state index is 11.9. The summed E-state index contributed by atoms with van der Waals surface area (Å²) < 4.78 is 0. The second-order valence-corrected chi connectivity index (χ2v) is 4.94. The molecule has 5 nitrogen and oxygen atoms in total. The van der Waals surface area contributed by atoms with E-state index in [9.17, 15) is 9.59 Å². The summed E-state index contributed by atoms with van der Waals surface area (Å²) >= 11 is 0. The maximum absolute atomic E-state index is 11.9. The molecule has 0 aromatic rings. The number of hydrogen-bond donors (Lipinski definition) is 2. The highest BCUT2D eigenvalue weighted by Crippen LogP contribution is 2.27. The molecule has 17 heavy (non-hydrogen) atoms. The summed E-state index contributed by atoms with van der Waals surface area (Å²) in [7, 11) is 0. The predicted octanol–water partition coefficient (Wildman–Crippen LogP) is 0.594. The molecule has 5 heteroatoms. The van der Waals surface area contributed by atoms with Gasteiger partial charge in [-0.3, -0.25) is 9.59 Å². The predicted molar refractivity (Wildman–Crippen MR) is 62.6 cm³/mol. The van der Waals surface area contributed by atoms with Gasteiger partial charge in [0.2, 0.25) is 5.91 Å². The summed E-state index contributed by atoms with van der Waals surface area (Å²) in [4.78, 5) is 24.2. The Morgan fingerprint density at radius 2 is 1.88 bits per heavy atom. The van der Waals surface area contributed by atoms with Crippen LogP contribution in [-0.4, -0.2) is 47.1 Å². The molecule has 2 N–H and O–H groups in total. The highest BCUT2D eigenvalue weighted by atomic mass is 16.4. The summed E-state index contributed by atoms with van der Waals surface area (Å²) in [6.07, 6.45) is 5.05. The molecule has 0 bridgehead atoms. The van der Waals surface area contributed by atoms with Gasteiger partial charge in [0.1, 0.15) is 0 Å². The summed E-state index contributed by atoms with van der Waals surface area (Å²) in [5.74, 6) is -0.735. The van der Waals surface area contributed by atoms with E-state index in [0.717, 1.165) is 19.4 Å². The van der Waals surface area contributed by atoms with Crippen molar-refractivity contribution in [2.24, 2.45) is 0 Å². The van der Waals surface area contributed by atoms with Gasteiger partial charge < -0.3 is 15.3 Å². The van der Waals surface area contributed by atoms with Crippen LogP contribution in [0.1, 0.15) is 38.5 Å². The lowest BCUT2D eigenvalue weighted by Crippen LogP contribution is -2.36. The third-order valence-corrected chi connectivity index (χ3v) is 3.22. The number of nitrogens with zero attached hydrogens (tertiary/aromatic N) is 1. The lowest BCUT2D eigenvalue weighted by molar-refractivity contribution is -0.138. The molecule has 0 spiro atoms. The van der Waals surface area contributed by atoms with Gasteiger partial charge in [0.05, 0.1) is 6.42 Å². The fraction of sp³-hybridized carbons (Fsp3) is 0.833. The smallest absolute Gasteiger partial charge is 0.305 e. The lowest BCUT2D eigenvalue weighted by atomic mass is 10.3. The van der Waals surface area contributed by atoms with Crippen molar-refractivity contribution in [1.82, 2.24) is 10.2 Å². The van der Waals surface area contributed by atoms with Gasteiger partial charge in [0.25, 0.3) is 0 Å². The number of carbonyl (C=O) groups is 2. The molecule has 1 amide bonds. The number of carbonyl (C=O) groups excluding carboxylic acids is 1. The van der Waals surface area contributed by atoms with Gasteiger partial charge in [-0.25, -0.2) is 0 Å². The van der Waals surface area contributed by atoms with E-state index in [4.69, 9.17) is 5.11 Å². The van der Waals surface area contributed by atoms with Gasteiger partial charge >= 0.3 is 5.97 Å². The zero-order valence-corrected chi connectivity index (χ0v) is 10.0. The average Bonchev–Trinajstić information content (AvgIpc) is 3.12. The first kappa shape index (κ1) is 12.4. The first-order valence-electron chi connectivity index (χ1n) is 6.41. The Morgan fingerprint density at radius 1 is 1.18 bits per heavy atom. The molecular weight excluding hydrogens is 220 g/mol. The van der Waals surface area contributed by atoms with E-state index in [1.54, 1.807) is 4.90 Å². The van der Waals surface area contributed by atoms with Gasteiger partial charge in [-0.1, -0.05) is 0 Å². The summed E-state index contributed by atoms with van der Waals surface area (Å²) in [5, 5.41) is 12.0. The average molecular weight is 240 g/mol. The summed E-state index contributed by atoms with van der Waals surface area (Å²) in [6.45, 7) is 1.09. The quantitative estimate of drug-likeness (QED) is 0.651. The van der Waals surface area contributed by atoms with Crippen LogP contribution in [0.3, 0.4) is 0 Å². The number of carboxylic acid groups (broad SMARTS) is 1. The first-order valence-corrected chi connectivity index (χ1v) is 6.41. The Hall–Kier alpha value is -1.10. The van der Waals surface area contributed by atoms with Crippen molar-refractivity contribution >= 4 is 11.9 Å². The molecule has 0 radical (unpaired) electrons. The fourth-order valence-corrected chi connectivity index (χ4v) is 1.93. The third-order valence-electron chi connectivity index (χ3n) is 3.22. The van der Waals surface area contributed by atoms with Crippen LogP contribution in [0.4, 0.5) is 0 Å². The summed E-state index contributed by atoms with van der Waals surface area (Å²) in [6, 6.07) is 0.930. The Bertz CT molecular complexity index is 298. The largest absolute Gasteiger partial charge is 0.481 e. The molecule has 0 unspecified atom stereocenters. The van der Waals surface area contributed by atoms with Crippen molar-refractivity contribution in [2.75, 3.05) is 13.1 Å². The number of carboxylic acids is 1. The first-order chi connectivity index (χ1) is 8.16. The van der Waals surface area contributed by atoms with Crippen LogP contribution < -0.4 is 5.32 Å². The Labute approximate surface area is 101 Å². The highest BCUT2D eigenvalue weighted by molar-refractivity contribution is 5.78. The number of aliphatic carboxylic acids is 1. The molecule has 0 aromatic carbocycles. The number of hydrogen-bond acceptors (Lipinski definition) is 3. The van der Waals surface area contributed by atoms with Gasteiger partial charge in [0, 0.05) is 31.6 Å². The number of nitrogens with one attached hydrogen (secondary N) is 1. The monoisotopic (exact) mass is 240 g/mol. The maximum Gasteiger partial charge on any atom is 0.305 e. The molecule has 96 valence electrons. The Kier molecular flexibility index (Phi) is 3.99. The van der Waals surface area contributed by atoms with Crippen molar-refractivity contribution in [3.8, 4) is 0 Å². The molecule has 0 heterocycles. The van der Waals surface area contributed by atoms with E-state index in [0.29, 0.717) is 25.0 Å². The van der Waals surface area contributed by atoms with E-state index >= 15 is 0 Å². The standard InChI is InChI=1S/C12H20N2O3/c15-11(5-7-13-9-1-2-9)14(10-3-4-10)8-6-12(16)17/h9-10,13H,1-8H2,(H,16,17). The molecule has 0 aliphatic heterocycles. The highest BCUT2D eigenvalue weighted by Gasteiger charge is 2.32. The SMILES string of the molecule is O=C(O)CCN(C(=O)CCNC1CC1)C1CC1. The van der Waals surface area contributed by atoms with E-state index in [1.165, 1.54) is 12.8 Å². The van der Waals surface area contributed by atoms with Gasteiger partial charge in [-0.05, 0) is 25.7 Å². The molecule has 2 aliphatic rings. The van der Waals surface area contributed by atoms with E-state index in [2.05, 4.69) is 5.32 Å². The van der Waals surface area contributed by atoms with Crippen LogP contribution in [0.5, 0.6) is 0 Å². The zero-order valence-electron chi connectivity index (χ0n) is 10.0. The third kappa shape index (κ3) is 4.34. The molecule has 2 saturated carbocycles. The van der Waals surface area contributed by atoms with Crippen LogP contribution in [0.25, 0.3) is 0 Å². The molecule has 2 fully saturated rings. The molecule has 0 saturated heterocycles. The van der Waals surface area contributed by atoms with Crippen LogP contribution in [0.15, 0.2) is 0 Å². The van der Waals surface area contributed by atoms with Crippen molar-refractivity contribution in [3.05, 3.63) is 0 Å². The normalized spacial score (nSPS) is 19.1. The second kappa shape index (κ2) is 5.49. The summed E-state index contributed by atoms with van der Waals surface area (Å²) in [5.41, 5.74) is 0. The van der Waals surface area contributed by atoms with E-state index in [-0.39, 0.29) is 12.3 Å².